The number of imidazole rings is 1. The van der Waals surface area contributed by atoms with Gasteiger partial charge in [-0.1, -0.05) is 17.8 Å². The fourth-order valence-corrected chi connectivity index (χ4v) is 2.60. The first-order valence-corrected chi connectivity index (χ1v) is 6.77. The molecule has 20 heavy (non-hydrogen) atoms. The molecule has 0 bridgehead atoms. The number of carbonyl (C=O) groups is 1. The summed E-state index contributed by atoms with van der Waals surface area (Å²) in [7, 11) is 0. The average Bonchev–Trinajstić information content (AvgIpc) is 2.80. The number of H-pyrrole nitrogens is 1. The van der Waals surface area contributed by atoms with E-state index in [0.717, 1.165) is 21.1 Å². The molecule has 100 valence electrons. The fourth-order valence-electron chi connectivity index (χ4n) is 1.83. The Morgan fingerprint density at radius 1 is 1.30 bits per heavy atom. The van der Waals surface area contributed by atoms with Gasteiger partial charge in [0.1, 0.15) is 5.69 Å². The van der Waals surface area contributed by atoms with Gasteiger partial charge < -0.3 is 10.1 Å². The number of carboxylic acid groups (broad SMARTS) is 1. The van der Waals surface area contributed by atoms with Gasteiger partial charge in [0.15, 0.2) is 5.16 Å². The number of nitrogens with one attached hydrogen (secondary N) is 1. The molecule has 2 heterocycles. The molecule has 0 aliphatic carbocycles. The first-order valence-electron chi connectivity index (χ1n) is 5.95. The Hall–Kier alpha value is -2.34. The molecule has 6 heteroatoms. The Labute approximate surface area is 119 Å². The Bertz CT molecular complexity index is 781. The highest BCUT2D eigenvalue weighted by Gasteiger charge is 2.07. The molecule has 0 unspecified atom stereocenters. The summed E-state index contributed by atoms with van der Waals surface area (Å²) in [6.45, 7) is 2.03. The van der Waals surface area contributed by atoms with E-state index in [0.29, 0.717) is 0 Å². The molecule has 3 aromatic rings. The van der Waals surface area contributed by atoms with Gasteiger partial charge >= 0.3 is 5.97 Å². The molecule has 3 rings (SSSR count). The molecule has 1 aromatic carbocycles. The summed E-state index contributed by atoms with van der Waals surface area (Å²) in [5.74, 6) is -1.03. The van der Waals surface area contributed by atoms with E-state index >= 15 is 0 Å². The van der Waals surface area contributed by atoms with Crippen LogP contribution in [-0.4, -0.2) is 26.0 Å². The normalized spacial score (nSPS) is 10.8. The summed E-state index contributed by atoms with van der Waals surface area (Å²) < 4.78 is 0. The van der Waals surface area contributed by atoms with Crippen LogP contribution in [0.2, 0.25) is 0 Å². The summed E-state index contributed by atoms with van der Waals surface area (Å²) >= 11 is 1.42. The van der Waals surface area contributed by atoms with Crippen LogP contribution in [0, 0.1) is 6.92 Å². The maximum absolute atomic E-state index is 10.7. The average molecular weight is 285 g/mol. The Kier molecular flexibility index (Phi) is 3.15. The van der Waals surface area contributed by atoms with Crippen LogP contribution in [0.15, 0.2) is 46.6 Å². The summed E-state index contributed by atoms with van der Waals surface area (Å²) in [4.78, 5) is 23.2. The molecular formula is C14H11N3O2S. The van der Waals surface area contributed by atoms with Crippen molar-refractivity contribution in [2.75, 3.05) is 0 Å². The molecular weight excluding hydrogens is 274 g/mol. The monoisotopic (exact) mass is 285 g/mol. The molecule has 0 saturated heterocycles. The Morgan fingerprint density at radius 2 is 2.15 bits per heavy atom. The summed E-state index contributed by atoms with van der Waals surface area (Å²) in [6, 6.07) is 9.23. The molecule has 0 atom stereocenters. The van der Waals surface area contributed by atoms with Gasteiger partial charge in [0.2, 0.25) is 0 Å². The van der Waals surface area contributed by atoms with Crippen molar-refractivity contribution in [3.8, 4) is 0 Å². The maximum atomic E-state index is 10.7. The van der Waals surface area contributed by atoms with Crippen molar-refractivity contribution in [1.29, 1.82) is 0 Å². The van der Waals surface area contributed by atoms with Gasteiger partial charge in [-0.2, -0.15) is 0 Å². The lowest BCUT2D eigenvalue weighted by atomic mass is 10.2. The topological polar surface area (TPSA) is 78.9 Å². The first kappa shape index (κ1) is 12.7. The van der Waals surface area contributed by atoms with Crippen LogP contribution < -0.4 is 0 Å². The van der Waals surface area contributed by atoms with E-state index in [1.807, 2.05) is 25.1 Å². The van der Waals surface area contributed by atoms with Crippen molar-refractivity contribution in [3.63, 3.8) is 0 Å². The zero-order valence-electron chi connectivity index (χ0n) is 10.6. The predicted molar refractivity (Wildman–Crippen MR) is 76.2 cm³/mol. The molecule has 2 N–H and O–H groups in total. The number of pyridine rings is 1. The third-order valence-electron chi connectivity index (χ3n) is 2.79. The summed E-state index contributed by atoms with van der Waals surface area (Å²) in [6.07, 6.45) is 1.53. The van der Waals surface area contributed by atoms with Crippen LogP contribution in [0.4, 0.5) is 0 Å². The minimum atomic E-state index is -1.03. The zero-order valence-corrected chi connectivity index (χ0v) is 11.4. The third-order valence-corrected chi connectivity index (χ3v) is 3.65. The number of aromatic nitrogens is 3. The first-order chi connectivity index (χ1) is 9.61. The van der Waals surface area contributed by atoms with E-state index in [9.17, 15) is 4.79 Å². The number of nitrogens with zero attached hydrogens (tertiary/aromatic N) is 2. The van der Waals surface area contributed by atoms with Gasteiger partial charge in [0, 0.05) is 11.1 Å². The highest BCUT2D eigenvalue weighted by molar-refractivity contribution is 7.99. The van der Waals surface area contributed by atoms with Crippen LogP contribution in [0.3, 0.4) is 0 Å². The predicted octanol–water partition coefficient (Wildman–Crippen LogP) is 3.12. The summed E-state index contributed by atoms with van der Waals surface area (Å²) in [5, 5.41) is 9.56. The van der Waals surface area contributed by atoms with E-state index in [2.05, 4.69) is 15.0 Å². The lowest BCUT2D eigenvalue weighted by molar-refractivity contribution is 0.0690. The Morgan fingerprint density at radius 3 is 2.85 bits per heavy atom. The van der Waals surface area contributed by atoms with Crippen LogP contribution in [0.25, 0.3) is 11.0 Å². The van der Waals surface area contributed by atoms with Crippen molar-refractivity contribution >= 4 is 28.8 Å². The standard InChI is InChI=1S/C14H11N3O2S/c1-8-2-4-10-12(6-8)17-14(16-10)20-9-3-5-11(13(18)19)15-7-9/h2-7H,1H3,(H,16,17)(H,18,19). The van der Waals surface area contributed by atoms with Gasteiger partial charge in [-0.05, 0) is 36.8 Å². The van der Waals surface area contributed by atoms with Crippen molar-refractivity contribution in [1.82, 2.24) is 15.0 Å². The van der Waals surface area contributed by atoms with E-state index in [-0.39, 0.29) is 5.69 Å². The molecule has 0 radical (unpaired) electrons. The van der Waals surface area contributed by atoms with Crippen molar-refractivity contribution in [3.05, 3.63) is 47.8 Å². The number of aromatic carboxylic acids is 1. The maximum Gasteiger partial charge on any atom is 0.354 e. The molecule has 0 fully saturated rings. The van der Waals surface area contributed by atoms with Crippen LogP contribution in [0.1, 0.15) is 16.1 Å². The molecule has 0 saturated carbocycles. The molecule has 0 aliphatic heterocycles. The van der Waals surface area contributed by atoms with Crippen LogP contribution in [-0.2, 0) is 0 Å². The van der Waals surface area contributed by atoms with Gasteiger partial charge in [0.05, 0.1) is 11.0 Å². The number of aromatic amines is 1. The molecule has 0 spiro atoms. The molecule has 5 nitrogen and oxygen atoms in total. The van der Waals surface area contributed by atoms with Gasteiger partial charge in [-0.25, -0.2) is 14.8 Å². The number of carboxylic acids is 1. The lowest BCUT2D eigenvalue weighted by Gasteiger charge is -1.97. The SMILES string of the molecule is Cc1ccc2nc(Sc3ccc(C(=O)O)nc3)[nH]c2c1. The second kappa shape index (κ2) is 4.97. The van der Waals surface area contributed by atoms with Gasteiger partial charge in [-0.3, -0.25) is 0 Å². The molecule has 0 aliphatic rings. The smallest absolute Gasteiger partial charge is 0.354 e. The van der Waals surface area contributed by atoms with E-state index in [1.165, 1.54) is 29.6 Å². The lowest BCUT2D eigenvalue weighted by Crippen LogP contribution is -1.98. The second-order valence-corrected chi connectivity index (χ2v) is 5.41. The number of rotatable bonds is 3. The van der Waals surface area contributed by atoms with Crippen molar-refractivity contribution < 1.29 is 9.90 Å². The molecule has 2 aromatic heterocycles. The third kappa shape index (κ3) is 2.50. The number of aryl methyl sites for hydroxylation is 1. The highest BCUT2D eigenvalue weighted by Crippen LogP contribution is 2.27. The van der Waals surface area contributed by atoms with E-state index < -0.39 is 5.97 Å². The minimum absolute atomic E-state index is 0.0366. The zero-order chi connectivity index (χ0) is 14.1. The number of fused-ring (bicyclic) bond motifs is 1. The number of hydrogen-bond donors (Lipinski definition) is 2. The van der Waals surface area contributed by atoms with Gasteiger partial charge in [0.25, 0.3) is 0 Å². The quantitative estimate of drug-likeness (QED) is 0.773. The van der Waals surface area contributed by atoms with Crippen molar-refractivity contribution in [2.45, 2.75) is 17.0 Å². The van der Waals surface area contributed by atoms with E-state index in [4.69, 9.17) is 5.11 Å². The minimum Gasteiger partial charge on any atom is -0.477 e. The van der Waals surface area contributed by atoms with E-state index in [1.54, 1.807) is 6.07 Å². The van der Waals surface area contributed by atoms with Gasteiger partial charge in [-0.15, -0.1) is 0 Å². The fraction of sp³-hybridized carbons (Fsp3) is 0.0714. The number of hydrogen-bond acceptors (Lipinski definition) is 4. The highest BCUT2D eigenvalue weighted by atomic mass is 32.2. The largest absolute Gasteiger partial charge is 0.477 e. The molecule has 0 amide bonds. The van der Waals surface area contributed by atoms with Crippen LogP contribution >= 0.6 is 11.8 Å². The number of benzene rings is 1. The van der Waals surface area contributed by atoms with Crippen LogP contribution in [0.5, 0.6) is 0 Å². The Balaban J connectivity index is 1.87. The van der Waals surface area contributed by atoms with Crippen molar-refractivity contribution in [2.24, 2.45) is 0 Å². The summed E-state index contributed by atoms with van der Waals surface area (Å²) in [5.41, 5.74) is 3.11. The second-order valence-electron chi connectivity index (χ2n) is 4.35.